The third-order valence-electron chi connectivity index (χ3n) is 4.69. The monoisotopic (exact) mass is 447 g/mol. The van der Waals surface area contributed by atoms with E-state index in [1.54, 1.807) is 48.5 Å². The Hall–Kier alpha value is -4.58. The van der Waals surface area contributed by atoms with E-state index in [1.165, 1.54) is 20.3 Å². The molecule has 0 bridgehead atoms. The van der Waals surface area contributed by atoms with Crippen molar-refractivity contribution in [3.8, 4) is 29.0 Å². The zero-order valence-corrected chi connectivity index (χ0v) is 18.2. The van der Waals surface area contributed by atoms with Crippen LogP contribution in [0.4, 0.5) is 0 Å². The maximum absolute atomic E-state index is 13.0. The Labute approximate surface area is 189 Å². The van der Waals surface area contributed by atoms with E-state index >= 15 is 0 Å². The summed E-state index contributed by atoms with van der Waals surface area (Å²) in [4.78, 5) is 24.9. The SMILES string of the molecule is CCOc1ccc(-n2nc(C(=O)O)c(/C=C\c3ccc(OC)c(OC)c3)c(C#N)c2=O)cc1. The van der Waals surface area contributed by atoms with Crippen LogP contribution in [0.15, 0.2) is 47.3 Å². The third-order valence-corrected chi connectivity index (χ3v) is 4.69. The van der Waals surface area contributed by atoms with E-state index in [1.807, 2.05) is 13.0 Å². The summed E-state index contributed by atoms with van der Waals surface area (Å²) in [6, 6.07) is 13.3. The van der Waals surface area contributed by atoms with Gasteiger partial charge in [-0.25, -0.2) is 4.79 Å². The molecule has 3 aromatic rings. The summed E-state index contributed by atoms with van der Waals surface area (Å²) in [5, 5.41) is 23.4. The Balaban J connectivity index is 2.12. The van der Waals surface area contributed by atoms with Crippen molar-refractivity contribution in [1.82, 2.24) is 9.78 Å². The average molecular weight is 447 g/mol. The van der Waals surface area contributed by atoms with Crippen molar-refractivity contribution in [2.24, 2.45) is 0 Å². The van der Waals surface area contributed by atoms with Crippen LogP contribution in [0.5, 0.6) is 17.2 Å². The zero-order chi connectivity index (χ0) is 24.0. The van der Waals surface area contributed by atoms with Gasteiger partial charge in [0.05, 0.1) is 26.5 Å². The van der Waals surface area contributed by atoms with Gasteiger partial charge in [-0.15, -0.1) is 0 Å². The molecule has 1 aromatic heterocycles. The van der Waals surface area contributed by atoms with Gasteiger partial charge in [0.1, 0.15) is 17.4 Å². The molecule has 0 saturated carbocycles. The van der Waals surface area contributed by atoms with Crippen LogP contribution in [0.3, 0.4) is 0 Å². The van der Waals surface area contributed by atoms with Crippen LogP contribution in [-0.4, -0.2) is 41.7 Å². The normalized spacial score (nSPS) is 10.6. The lowest BCUT2D eigenvalue weighted by molar-refractivity contribution is 0.0688. The number of carbonyl (C=O) groups is 1. The summed E-state index contributed by atoms with van der Waals surface area (Å²) in [7, 11) is 3.00. The van der Waals surface area contributed by atoms with Gasteiger partial charge in [0.2, 0.25) is 0 Å². The fourth-order valence-corrected chi connectivity index (χ4v) is 3.13. The second-order valence-electron chi connectivity index (χ2n) is 6.65. The van der Waals surface area contributed by atoms with Crippen LogP contribution in [0, 0.1) is 11.3 Å². The first-order chi connectivity index (χ1) is 15.9. The van der Waals surface area contributed by atoms with Crippen molar-refractivity contribution in [3.63, 3.8) is 0 Å². The number of methoxy groups -OCH3 is 2. The molecule has 1 heterocycles. The molecular weight excluding hydrogens is 426 g/mol. The molecule has 0 radical (unpaired) electrons. The molecule has 3 rings (SSSR count). The molecule has 0 saturated heterocycles. The van der Waals surface area contributed by atoms with E-state index in [4.69, 9.17) is 14.2 Å². The molecule has 0 atom stereocenters. The van der Waals surface area contributed by atoms with Gasteiger partial charge in [0.25, 0.3) is 5.56 Å². The molecule has 9 heteroatoms. The fourth-order valence-electron chi connectivity index (χ4n) is 3.13. The number of hydrogen-bond donors (Lipinski definition) is 1. The molecule has 0 amide bonds. The highest BCUT2D eigenvalue weighted by Crippen LogP contribution is 2.28. The van der Waals surface area contributed by atoms with Crippen molar-refractivity contribution >= 4 is 18.1 Å². The molecule has 0 aliphatic heterocycles. The molecule has 1 N–H and O–H groups in total. The van der Waals surface area contributed by atoms with E-state index in [-0.39, 0.29) is 11.1 Å². The molecule has 0 fully saturated rings. The summed E-state index contributed by atoms with van der Waals surface area (Å²) >= 11 is 0. The standard InChI is InChI=1S/C24H21N3O6/c1-4-33-17-9-7-16(8-10-17)27-23(28)19(14-25)18(22(26-27)24(29)30)11-5-15-6-12-20(31-2)21(13-15)32-3/h5-13H,4H2,1-3H3,(H,29,30)/b11-5-. The molecule has 9 nitrogen and oxygen atoms in total. The number of aromatic carboxylic acids is 1. The quantitative estimate of drug-likeness (QED) is 0.557. The summed E-state index contributed by atoms with van der Waals surface area (Å²) < 4.78 is 16.7. The minimum Gasteiger partial charge on any atom is -0.494 e. The van der Waals surface area contributed by atoms with E-state index in [0.717, 1.165) is 4.68 Å². The molecule has 33 heavy (non-hydrogen) atoms. The van der Waals surface area contributed by atoms with Crippen molar-refractivity contribution in [1.29, 1.82) is 5.26 Å². The van der Waals surface area contributed by atoms with Gasteiger partial charge in [0, 0.05) is 5.56 Å². The van der Waals surface area contributed by atoms with E-state index in [0.29, 0.717) is 35.1 Å². The highest BCUT2D eigenvalue weighted by molar-refractivity contribution is 5.92. The molecule has 2 aromatic carbocycles. The molecule has 0 spiro atoms. The second kappa shape index (κ2) is 10.2. The minimum absolute atomic E-state index is 0.0908. The van der Waals surface area contributed by atoms with Crippen molar-refractivity contribution in [2.45, 2.75) is 6.92 Å². The van der Waals surface area contributed by atoms with Gasteiger partial charge in [0.15, 0.2) is 17.2 Å². The van der Waals surface area contributed by atoms with Gasteiger partial charge in [-0.2, -0.15) is 15.0 Å². The predicted octanol–water partition coefficient (Wildman–Crippen LogP) is 3.39. The van der Waals surface area contributed by atoms with Gasteiger partial charge in [-0.1, -0.05) is 18.2 Å². The van der Waals surface area contributed by atoms with E-state index in [2.05, 4.69) is 5.10 Å². The Bertz CT molecular complexity index is 1300. The topological polar surface area (TPSA) is 124 Å². The van der Waals surface area contributed by atoms with Gasteiger partial charge >= 0.3 is 5.97 Å². The van der Waals surface area contributed by atoms with Crippen LogP contribution in [0.2, 0.25) is 0 Å². The largest absolute Gasteiger partial charge is 0.494 e. The van der Waals surface area contributed by atoms with Crippen LogP contribution in [0.25, 0.3) is 17.8 Å². The van der Waals surface area contributed by atoms with Crippen molar-refractivity contribution in [3.05, 3.63) is 75.2 Å². The van der Waals surface area contributed by atoms with Gasteiger partial charge < -0.3 is 19.3 Å². The molecular formula is C24H21N3O6. The average Bonchev–Trinajstić information content (AvgIpc) is 2.83. The fraction of sp³-hybridized carbons (Fsp3) is 0.167. The number of nitriles is 1. The number of hydrogen-bond acceptors (Lipinski definition) is 7. The number of ether oxygens (including phenoxy) is 3. The Morgan fingerprint density at radius 2 is 1.82 bits per heavy atom. The summed E-state index contributed by atoms with van der Waals surface area (Å²) in [6.45, 7) is 2.31. The highest BCUT2D eigenvalue weighted by atomic mass is 16.5. The summed E-state index contributed by atoms with van der Waals surface area (Å²) in [5.74, 6) is 0.210. The minimum atomic E-state index is -1.38. The number of carboxylic acid groups (broad SMARTS) is 1. The summed E-state index contributed by atoms with van der Waals surface area (Å²) in [6.07, 6.45) is 2.94. The Morgan fingerprint density at radius 3 is 2.39 bits per heavy atom. The summed E-state index contributed by atoms with van der Waals surface area (Å²) in [5.41, 5.74) is -0.656. The molecule has 0 unspecified atom stereocenters. The zero-order valence-electron chi connectivity index (χ0n) is 18.2. The lowest BCUT2D eigenvalue weighted by Gasteiger charge is -2.11. The number of rotatable bonds is 8. The first kappa shape index (κ1) is 23.1. The van der Waals surface area contributed by atoms with E-state index in [9.17, 15) is 20.0 Å². The Morgan fingerprint density at radius 1 is 1.12 bits per heavy atom. The van der Waals surface area contributed by atoms with Crippen molar-refractivity contribution in [2.75, 3.05) is 20.8 Å². The van der Waals surface area contributed by atoms with Crippen LogP contribution in [-0.2, 0) is 0 Å². The van der Waals surface area contributed by atoms with Crippen LogP contribution in [0.1, 0.15) is 34.1 Å². The first-order valence-electron chi connectivity index (χ1n) is 9.87. The highest BCUT2D eigenvalue weighted by Gasteiger charge is 2.21. The predicted molar refractivity (Wildman–Crippen MR) is 121 cm³/mol. The molecule has 0 aliphatic rings. The first-order valence-corrected chi connectivity index (χ1v) is 9.87. The molecule has 168 valence electrons. The lowest BCUT2D eigenvalue weighted by atomic mass is 10.1. The van der Waals surface area contributed by atoms with Gasteiger partial charge in [-0.3, -0.25) is 4.79 Å². The number of aromatic nitrogens is 2. The third kappa shape index (κ3) is 4.85. The second-order valence-corrected chi connectivity index (χ2v) is 6.65. The van der Waals surface area contributed by atoms with Crippen molar-refractivity contribution < 1.29 is 24.1 Å². The van der Waals surface area contributed by atoms with E-state index < -0.39 is 17.2 Å². The number of benzene rings is 2. The van der Waals surface area contributed by atoms with Crippen LogP contribution < -0.4 is 19.8 Å². The smallest absolute Gasteiger partial charge is 0.357 e. The maximum Gasteiger partial charge on any atom is 0.357 e. The van der Waals surface area contributed by atoms with Crippen LogP contribution >= 0.6 is 0 Å². The number of nitrogens with zero attached hydrogens (tertiary/aromatic N) is 3. The lowest BCUT2D eigenvalue weighted by Crippen LogP contribution is -2.28. The maximum atomic E-state index is 13.0. The van der Waals surface area contributed by atoms with Gasteiger partial charge in [-0.05, 0) is 48.9 Å². The number of carboxylic acids is 1. The molecule has 0 aliphatic carbocycles. The Kier molecular flexibility index (Phi) is 7.10.